The lowest BCUT2D eigenvalue weighted by Gasteiger charge is -2.28. The Labute approximate surface area is 123 Å². The zero-order valence-corrected chi connectivity index (χ0v) is 11.2. The van der Waals surface area contributed by atoms with Gasteiger partial charge in [0, 0.05) is 17.2 Å². The van der Waals surface area contributed by atoms with Crippen molar-refractivity contribution in [1.82, 2.24) is 0 Å². The van der Waals surface area contributed by atoms with Gasteiger partial charge >= 0.3 is 6.18 Å². The van der Waals surface area contributed by atoms with Gasteiger partial charge in [0.1, 0.15) is 5.82 Å². The van der Waals surface area contributed by atoms with Gasteiger partial charge in [0.15, 0.2) is 0 Å². The molecule has 1 aliphatic heterocycles. The Morgan fingerprint density at radius 1 is 1.32 bits per heavy atom. The maximum atomic E-state index is 13.7. The molecule has 1 N–H and O–H groups in total. The number of fused-ring (bicyclic) bond motifs is 1. The van der Waals surface area contributed by atoms with Crippen molar-refractivity contribution >= 4 is 17.8 Å². The lowest BCUT2D eigenvalue weighted by molar-refractivity contribution is -0.170. The number of rotatable bonds is 0. The van der Waals surface area contributed by atoms with E-state index in [1.165, 1.54) is 0 Å². The summed E-state index contributed by atoms with van der Waals surface area (Å²) in [6.45, 7) is 0. The third-order valence-electron chi connectivity index (χ3n) is 3.45. The average Bonchev–Trinajstić information content (AvgIpc) is 3.24. The van der Waals surface area contributed by atoms with Crippen LogP contribution < -0.4 is 5.32 Å². The van der Waals surface area contributed by atoms with Crippen LogP contribution in [0.15, 0.2) is 23.2 Å². The van der Waals surface area contributed by atoms with Crippen LogP contribution in [0.2, 0.25) is 0 Å². The van der Waals surface area contributed by atoms with Crippen LogP contribution in [0, 0.1) is 23.6 Å². The molecule has 2 aliphatic rings. The molecule has 0 aromatic heterocycles. The first-order valence-corrected chi connectivity index (χ1v) is 6.57. The monoisotopic (exact) mass is 310 g/mol. The highest BCUT2D eigenvalue weighted by molar-refractivity contribution is 6.32. The molecule has 1 aromatic rings. The standard InChI is InChI=1S/C15H10F4N2O/c16-10-3-4-12-11(7-10)14(15(17,18)19,6-5-9-1-2-9)20-8-13(22)21-12/h3-4,7-9H,1-2H2,(H,21,22). The smallest absolute Gasteiger partial charge is 0.321 e. The number of nitrogens with one attached hydrogen (secondary N) is 1. The van der Waals surface area contributed by atoms with Crippen molar-refractivity contribution in [3.05, 3.63) is 29.6 Å². The van der Waals surface area contributed by atoms with E-state index in [0.29, 0.717) is 12.3 Å². The molecule has 114 valence electrons. The molecule has 0 spiro atoms. The Hall–Kier alpha value is -2.36. The van der Waals surface area contributed by atoms with Crippen LogP contribution in [0.25, 0.3) is 0 Å². The number of amides is 1. The van der Waals surface area contributed by atoms with E-state index in [9.17, 15) is 22.4 Å². The van der Waals surface area contributed by atoms with Crippen LogP contribution in [-0.4, -0.2) is 18.3 Å². The number of alkyl halides is 3. The fraction of sp³-hybridized carbons (Fsp3) is 0.333. The average molecular weight is 310 g/mol. The molecule has 0 bridgehead atoms. The zero-order chi connectivity index (χ0) is 16.0. The predicted molar refractivity (Wildman–Crippen MR) is 71.8 cm³/mol. The Morgan fingerprint density at radius 3 is 2.68 bits per heavy atom. The quantitative estimate of drug-likeness (QED) is 0.581. The number of halogens is 4. The molecule has 22 heavy (non-hydrogen) atoms. The number of carbonyl (C=O) groups is 1. The number of anilines is 1. The highest BCUT2D eigenvalue weighted by Gasteiger charge is 2.57. The van der Waals surface area contributed by atoms with Crippen LogP contribution >= 0.6 is 0 Å². The molecule has 1 amide bonds. The van der Waals surface area contributed by atoms with E-state index in [-0.39, 0.29) is 11.6 Å². The second-order valence-corrected chi connectivity index (χ2v) is 5.19. The lowest BCUT2D eigenvalue weighted by atomic mass is 9.88. The summed E-state index contributed by atoms with van der Waals surface area (Å²) in [6, 6.07) is 2.77. The van der Waals surface area contributed by atoms with Gasteiger partial charge in [-0.05, 0) is 31.0 Å². The first-order chi connectivity index (χ1) is 10.3. The molecule has 1 saturated carbocycles. The van der Waals surface area contributed by atoms with Gasteiger partial charge in [-0.1, -0.05) is 11.8 Å². The number of carbonyl (C=O) groups excluding carboxylic acids is 1. The van der Waals surface area contributed by atoms with E-state index >= 15 is 0 Å². The van der Waals surface area contributed by atoms with Crippen molar-refractivity contribution in [2.24, 2.45) is 10.9 Å². The molecular weight excluding hydrogens is 300 g/mol. The summed E-state index contributed by atoms with van der Waals surface area (Å²) in [6.07, 6.45) is -2.87. The van der Waals surface area contributed by atoms with Gasteiger partial charge < -0.3 is 5.32 Å². The van der Waals surface area contributed by atoms with Gasteiger partial charge in [0.2, 0.25) is 5.54 Å². The second kappa shape index (κ2) is 4.83. The van der Waals surface area contributed by atoms with Crippen molar-refractivity contribution in [2.45, 2.75) is 24.6 Å². The molecule has 1 fully saturated rings. The van der Waals surface area contributed by atoms with Crippen LogP contribution in [0.3, 0.4) is 0 Å². The summed E-state index contributed by atoms with van der Waals surface area (Å²) in [7, 11) is 0. The predicted octanol–water partition coefficient (Wildman–Crippen LogP) is 3.02. The fourth-order valence-corrected chi connectivity index (χ4v) is 2.15. The maximum Gasteiger partial charge on any atom is 0.429 e. The fourth-order valence-electron chi connectivity index (χ4n) is 2.15. The third kappa shape index (κ3) is 2.45. The number of hydrogen-bond donors (Lipinski definition) is 1. The molecule has 1 aromatic carbocycles. The molecule has 1 atom stereocenters. The minimum absolute atomic E-state index is 0.0988. The highest BCUT2D eigenvalue weighted by atomic mass is 19.4. The Bertz CT molecular complexity index is 725. The lowest BCUT2D eigenvalue weighted by Crippen LogP contribution is -2.39. The second-order valence-electron chi connectivity index (χ2n) is 5.19. The van der Waals surface area contributed by atoms with Gasteiger partial charge in [0.05, 0.1) is 6.21 Å². The van der Waals surface area contributed by atoms with Crippen LogP contribution in [0.1, 0.15) is 18.4 Å². The number of aliphatic imine (C=N–C) groups is 1. The molecule has 1 aliphatic carbocycles. The van der Waals surface area contributed by atoms with Gasteiger partial charge in [-0.2, -0.15) is 13.2 Å². The largest absolute Gasteiger partial charge is 0.429 e. The topological polar surface area (TPSA) is 41.5 Å². The van der Waals surface area contributed by atoms with Crippen LogP contribution in [0.5, 0.6) is 0 Å². The SMILES string of the molecule is O=C1C=NC(C#CC2CC2)(C(F)(F)F)c2cc(F)ccc2N1. The van der Waals surface area contributed by atoms with Crippen molar-refractivity contribution in [3.63, 3.8) is 0 Å². The van der Waals surface area contributed by atoms with Crippen LogP contribution in [-0.2, 0) is 10.3 Å². The van der Waals surface area contributed by atoms with Crippen molar-refractivity contribution in [2.75, 3.05) is 5.32 Å². The minimum Gasteiger partial charge on any atom is -0.321 e. The maximum absolute atomic E-state index is 13.7. The number of benzene rings is 1. The molecule has 7 heteroatoms. The first kappa shape index (κ1) is 14.6. The molecule has 0 radical (unpaired) electrons. The Kier molecular flexibility index (Phi) is 3.20. The summed E-state index contributed by atoms with van der Waals surface area (Å²) in [4.78, 5) is 14.9. The van der Waals surface area contributed by atoms with Gasteiger partial charge in [0.25, 0.3) is 5.91 Å². The van der Waals surface area contributed by atoms with Crippen LogP contribution in [0.4, 0.5) is 23.2 Å². The van der Waals surface area contributed by atoms with E-state index in [1.54, 1.807) is 0 Å². The van der Waals surface area contributed by atoms with E-state index in [1.807, 2.05) is 0 Å². The van der Waals surface area contributed by atoms with Gasteiger partial charge in [-0.3, -0.25) is 9.79 Å². The van der Waals surface area contributed by atoms with E-state index in [4.69, 9.17) is 0 Å². The zero-order valence-electron chi connectivity index (χ0n) is 11.2. The summed E-state index contributed by atoms with van der Waals surface area (Å²) in [5.74, 6) is 2.91. The molecular formula is C15H10F4N2O. The third-order valence-corrected chi connectivity index (χ3v) is 3.45. The Morgan fingerprint density at radius 2 is 2.05 bits per heavy atom. The van der Waals surface area contributed by atoms with E-state index in [2.05, 4.69) is 22.2 Å². The molecule has 3 nitrogen and oxygen atoms in total. The molecule has 0 saturated heterocycles. The number of nitrogens with zero attached hydrogens (tertiary/aromatic N) is 1. The highest BCUT2D eigenvalue weighted by Crippen LogP contribution is 2.46. The van der Waals surface area contributed by atoms with Crippen molar-refractivity contribution in [3.8, 4) is 11.8 Å². The minimum atomic E-state index is -4.89. The Balaban J connectivity index is 2.27. The van der Waals surface area contributed by atoms with Gasteiger partial charge in [-0.15, -0.1) is 0 Å². The normalized spacial score (nSPS) is 23.9. The van der Waals surface area contributed by atoms with Crippen molar-refractivity contribution in [1.29, 1.82) is 0 Å². The summed E-state index contributed by atoms with van der Waals surface area (Å²) in [5.41, 5.74) is -3.59. The van der Waals surface area contributed by atoms with E-state index in [0.717, 1.165) is 25.0 Å². The molecule has 1 heterocycles. The van der Waals surface area contributed by atoms with Crippen molar-refractivity contribution < 1.29 is 22.4 Å². The molecule has 1 unspecified atom stereocenters. The summed E-state index contributed by atoms with van der Waals surface area (Å²) < 4.78 is 54.6. The first-order valence-electron chi connectivity index (χ1n) is 6.57. The molecule has 3 rings (SSSR count). The summed E-state index contributed by atoms with van der Waals surface area (Å²) >= 11 is 0. The van der Waals surface area contributed by atoms with Gasteiger partial charge in [-0.25, -0.2) is 4.39 Å². The van der Waals surface area contributed by atoms with E-state index < -0.39 is 29.0 Å². The summed E-state index contributed by atoms with van der Waals surface area (Å²) in [5, 5.41) is 2.26. The number of hydrogen-bond acceptors (Lipinski definition) is 2.